The van der Waals surface area contributed by atoms with Crippen LogP contribution in [0.4, 0.5) is 0 Å². The van der Waals surface area contributed by atoms with E-state index in [1.807, 2.05) is 7.05 Å². The van der Waals surface area contributed by atoms with Gasteiger partial charge < -0.3 is 9.88 Å². The summed E-state index contributed by atoms with van der Waals surface area (Å²) in [5, 5.41) is 3.41. The maximum absolute atomic E-state index is 3.41. The van der Waals surface area contributed by atoms with Crippen molar-refractivity contribution in [3.63, 3.8) is 0 Å². The molecule has 1 heterocycles. The first-order valence-corrected chi connectivity index (χ1v) is 7.53. The van der Waals surface area contributed by atoms with Gasteiger partial charge in [-0.2, -0.15) is 0 Å². The molecule has 0 spiro atoms. The Balaban J connectivity index is 2.17. The summed E-state index contributed by atoms with van der Waals surface area (Å²) in [6.45, 7) is 7.58. The maximum atomic E-state index is 3.41. The van der Waals surface area contributed by atoms with E-state index in [9.17, 15) is 0 Å². The highest BCUT2D eigenvalue weighted by Crippen LogP contribution is 2.20. The van der Waals surface area contributed by atoms with Crippen molar-refractivity contribution >= 4 is 0 Å². The fourth-order valence-corrected chi connectivity index (χ4v) is 2.81. The van der Waals surface area contributed by atoms with Crippen molar-refractivity contribution in [2.75, 3.05) is 7.05 Å². The molecule has 0 saturated carbocycles. The van der Waals surface area contributed by atoms with Crippen molar-refractivity contribution in [1.82, 2.24) is 9.88 Å². The zero-order valence-corrected chi connectivity index (χ0v) is 13.1. The average Bonchev–Trinajstić information content (AvgIpc) is 2.89. The molecule has 0 aliphatic rings. The fraction of sp³-hybridized carbons (Fsp3) is 0.444. The van der Waals surface area contributed by atoms with Gasteiger partial charge in [-0.05, 0) is 55.6 Å². The third-order valence-electron chi connectivity index (χ3n) is 4.09. The summed E-state index contributed by atoms with van der Waals surface area (Å²) < 4.78 is 2.30. The number of hydrogen-bond donors (Lipinski definition) is 1. The minimum absolute atomic E-state index is 0.471. The second-order valence-corrected chi connectivity index (χ2v) is 5.62. The standard InChI is InChI=1S/C18H26N2/c1-5-7-18(19-4)16-10-11-20(12-16)13-17-14(2)8-6-9-15(17)3/h6,8-12,18-19H,5,7,13H2,1-4H3. The largest absolute Gasteiger partial charge is 0.350 e. The zero-order chi connectivity index (χ0) is 14.5. The van der Waals surface area contributed by atoms with Crippen LogP contribution in [-0.2, 0) is 6.54 Å². The van der Waals surface area contributed by atoms with Gasteiger partial charge in [0.25, 0.3) is 0 Å². The Morgan fingerprint density at radius 1 is 1.15 bits per heavy atom. The normalized spacial score (nSPS) is 12.6. The van der Waals surface area contributed by atoms with Crippen LogP contribution in [0.2, 0.25) is 0 Å². The molecule has 2 rings (SSSR count). The number of benzene rings is 1. The summed E-state index contributed by atoms with van der Waals surface area (Å²) >= 11 is 0. The van der Waals surface area contributed by atoms with Gasteiger partial charge in [0, 0.05) is 25.0 Å². The van der Waals surface area contributed by atoms with Crippen LogP contribution < -0.4 is 5.32 Å². The second-order valence-electron chi connectivity index (χ2n) is 5.62. The lowest BCUT2D eigenvalue weighted by Gasteiger charge is -2.14. The van der Waals surface area contributed by atoms with Crippen molar-refractivity contribution in [2.45, 2.75) is 46.2 Å². The third-order valence-corrected chi connectivity index (χ3v) is 4.09. The number of aryl methyl sites for hydroxylation is 2. The maximum Gasteiger partial charge on any atom is 0.0475 e. The zero-order valence-electron chi connectivity index (χ0n) is 13.1. The Bertz CT molecular complexity index is 534. The number of rotatable bonds is 6. The van der Waals surface area contributed by atoms with Gasteiger partial charge in [-0.1, -0.05) is 31.5 Å². The summed E-state index contributed by atoms with van der Waals surface area (Å²) in [6, 6.07) is 9.23. The lowest BCUT2D eigenvalue weighted by Crippen LogP contribution is -2.15. The van der Waals surface area contributed by atoms with E-state index in [1.54, 1.807) is 0 Å². The van der Waals surface area contributed by atoms with Crippen molar-refractivity contribution in [3.8, 4) is 0 Å². The van der Waals surface area contributed by atoms with Gasteiger partial charge in [-0.25, -0.2) is 0 Å². The molecule has 1 aromatic heterocycles. The van der Waals surface area contributed by atoms with E-state index in [4.69, 9.17) is 0 Å². The molecular formula is C18H26N2. The fourth-order valence-electron chi connectivity index (χ4n) is 2.81. The molecule has 0 saturated heterocycles. The summed E-state index contributed by atoms with van der Waals surface area (Å²) in [4.78, 5) is 0. The molecule has 0 aliphatic heterocycles. The molecule has 2 nitrogen and oxygen atoms in total. The number of nitrogens with one attached hydrogen (secondary N) is 1. The minimum Gasteiger partial charge on any atom is -0.350 e. The van der Waals surface area contributed by atoms with Crippen LogP contribution in [0, 0.1) is 13.8 Å². The van der Waals surface area contributed by atoms with Gasteiger partial charge in [0.2, 0.25) is 0 Å². The highest BCUT2D eigenvalue weighted by atomic mass is 15.0. The van der Waals surface area contributed by atoms with Gasteiger partial charge >= 0.3 is 0 Å². The highest BCUT2D eigenvalue weighted by Gasteiger charge is 2.10. The predicted molar refractivity (Wildman–Crippen MR) is 86.2 cm³/mol. The van der Waals surface area contributed by atoms with Gasteiger partial charge in [0.1, 0.15) is 0 Å². The first-order valence-electron chi connectivity index (χ1n) is 7.53. The Hall–Kier alpha value is -1.54. The molecular weight excluding hydrogens is 244 g/mol. The smallest absolute Gasteiger partial charge is 0.0475 e. The van der Waals surface area contributed by atoms with Gasteiger partial charge in [0.15, 0.2) is 0 Å². The Morgan fingerprint density at radius 3 is 2.45 bits per heavy atom. The quantitative estimate of drug-likeness (QED) is 0.832. The molecule has 1 unspecified atom stereocenters. The average molecular weight is 270 g/mol. The lowest BCUT2D eigenvalue weighted by atomic mass is 10.0. The minimum atomic E-state index is 0.471. The molecule has 1 N–H and O–H groups in total. The highest BCUT2D eigenvalue weighted by molar-refractivity contribution is 5.34. The van der Waals surface area contributed by atoms with Gasteiger partial charge in [-0.15, -0.1) is 0 Å². The van der Waals surface area contributed by atoms with Crippen LogP contribution in [0.1, 0.15) is 48.1 Å². The summed E-state index contributed by atoms with van der Waals surface area (Å²) in [5.41, 5.74) is 5.57. The van der Waals surface area contributed by atoms with E-state index in [0.717, 1.165) is 6.54 Å². The van der Waals surface area contributed by atoms with Crippen LogP contribution in [0.3, 0.4) is 0 Å². The SMILES string of the molecule is CCCC(NC)c1ccn(Cc2c(C)cccc2C)c1. The molecule has 0 radical (unpaired) electrons. The third kappa shape index (κ3) is 3.31. The van der Waals surface area contributed by atoms with Gasteiger partial charge in [0.05, 0.1) is 0 Å². The van der Waals surface area contributed by atoms with E-state index >= 15 is 0 Å². The van der Waals surface area contributed by atoms with Crippen molar-refractivity contribution in [1.29, 1.82) is 0 Å². The molecule has 2 heteroatoms. The summed E-state index contributed by atoms with van der Waals surface area (Å²) in [6.07, 6.45) is 6.86. The molecule has 0 amide bonds. The number of aromatic nitrogens is 1. The Morgan fingerprint density at radius 2 is 1.85 bits per heavy atom. The summed E-state index contributed by atoms with van der Waals surface area (Å²) in [7, 11) is 2.04. The van der Waals surface area contributed by atoms with E-state index in [-0.39, 0.29) is 0 Å². The predicted octanol–water partition coefficient (Wildman–Crippen LogP) is 4.21. The number of nitrogens with zero attached hydrogens (tertiary/aromatic N) is 1. The van der Waals surface area contributed by atoms with E-state index in [2.05, 4.69) is 67.3 Å². The molecule has 20 heavy (non-hydrogen) atoms. The molecule has 0 bridgehead atoms. The first kappa shape index (κ1) is 14.9. The van der Waals surface area contributed by atoms with E-state index in [0.29, 0.717) is 6.04 Å². The van der Waals surface area contributed by atoms with Crippen LogP contribution >= 0.6 is 0 Å². The molecule has 0 aliphatic carbocycles. The van der Waals surface area contributed by atoms with Crippen molar-refractivity contribution in [2.24, 2.45) is 0 Å². The molecule has 2 aromatic rings. The lowest BCUT2D eigenvalue weighted by molar-refractivity contribution is 0.540. The molecule has 108 valence electrons. The van der Waals surface area contributed by atoms with Crippen LogP contribution in [0.25, 0.3) is 0 Å². The van der Waals surface area contributed by atoms with Crippen molar-refractivity contribution in [3.05, 3.63) is 58.9 Å². The van der Waals surface area contributed by atoms with Gasteiger partial charge in [-0.3, -0.25) is 0 Å². The Kier molecular flexibility index (Phi) is 5.02. The number of hydrogen-bond acceptors (Lipinski definition) is 1. The monoisotopic (exact) mass is 270 g/mol. The second kappa shape index (κ2) is 6.76. The Labute approximate surface area is 122 Å². The van der Waals surface area contributed by atoms with E-state index in [1.165, 1.54) is 35.1 Å². The molecule has 0 fully saturated rings. The van der Waals surface area contributed by atoms with E-state index < -0.39 is 0 Å². The van der Waals surface area contributed by atoms with Crippen molar-refractivity contribution < 1.29 is 0 Å². The van der Waals surface area contributed by atoms with Crippen LogP contribution in [0.5, 0.6) is 0 Å². The summed E-state index contributed by atoms with van der Waals surface area (Å²) in [5.74, 6) is 0. The molecule has 1 aromatic carbocycles. The molecule has 1 atom stereocenters. The first-order chi connectivity index (χ1) is 9.65. The van der Waals surface area contributed by atoms with Crippen LogP contribution in [-0.4, -0.2) is 11.6 Å². The topological polar surface area (TPSA) is 17.0 Å². The van der Waals surface area contributed by atoms with Crippen LogP contribution in [0.15, 0.2) is 36.7 Å².